The lowest BCUT2D eigenvalue weighted by atomic mass is 9.87. The summed E-state index contributed by atoms with van der Waals surface area (Å²) in [6, 6.07) is 25.5. The maximum Gasteiger partial charge on any atom is 0.336 e. The van der Waals surface area contributed by atoms with Crippen LogP contribution in [0, 0.1) is 19.8 Å². The Labute approximate surface area is 248 Å². The van der Waals surface area contributed by atoms with E-state index in [1.807, 2.05) is 26.8 Å². The highest BCUT2D eigenvalue weighted by Gasteiger charge is 2.23. The van der Waals surface area contributed by atoms with E-state index in [0.717, 1.165) is 65.6 Å². The molecule has 0 spiro atoms. The minimum absolute atomic E-state index is 0.405. The summed E-state index contributed by atoms with van der Waals surface area (Å²) in [7, 11) is 0. The van der Waals surface area contributed by atoms with Gasteiger partial charge in [-0.2, -0.15) is 0 Å². The Bertz CT molecular complexity index is 1350. The van der Waals surface area contributed by atoms with Crippen molar-refractivity contribution in [3.05, 3.63) is 106 Å². The first-order valence-corrected chi connectivity index (χ1v) is 14.9. The molecule has 0 unspecified atom stereocenters. The van der Waals surface area contributed by atoms with Crippen molar-refractivity contribution in [3.8, 4) is 0 Å². The zero-order valence-corrected chi connectivity index (χ0v) is 26.3. The molecule has 41 heavy (non-hydrogen) atoms. The molecule has 218 valence electrons. The summed E-state index contributed by atoms with van der Waals surface area (Å²) in [5, 5.41) is 10.3. The summed E-state index contributed by atoms with van der Waals surface area (Å²) >= 11 is 0. The molecule has 0 atom stereocenters. The van der Waals surface area contributed by atoms with Crippen LogP contribution in [-0.2, 0) is 4.79 Å². The molecule has 0 aliphatic carbocycles. The second kappa shape index (κ2) is 14.7. The first-order chi connectivity index (χ1) is 19.5. The van der Waals surface area contributed by atoms with Gasteiger partial charge in [-0.05, 0) is 86.6 Å². The smallest absolute Gasteiger partial charge is 0.336 e. The van der Waals surface area contributed by atoms with E-state index in [9.17, 15) is 9.90 Å². The van der Waals surface area contributed by atoms with Gasteiger partial charge < -0.3 is 14.9 Å². The van der Waals surface area contributed by atoms with Crippen molar-refractivity contribution in [2.45, 2.75) is 61.8 Å². The van der Waals surface area contributed by atoms with Gasteiger partial charge in [-0.25, -0.2) is 4.79 Å². The zero-order chi connectivity index (χ0) is 30.1. The number of carbonyl (C=O) groups is 1. The molecule has 3 aromatic rings. The van der Waals surface area contributed by atoms with E-state index in [2.05, 4.69) is 111 Å². The number of aliphatic carboxylic acids is 1. The summed E-state index contributed by atoms with van der Waals surface area (Å²) in [5.74, 6) is -0.0436. The number of hydrogen-bond acceptors (Lipinski definition) is 3. The number of anilines is 2. The second-order valence-electron chi connectivity index (χ2n) is 11.8. The third kappa shape index (κ3) is 8.60. The summed E-state index contributed by atoms with van der Waals surface area (Å²) in [4.78, 5) is 17.4. The molecule has 4 rings (SSSR count). The van der Waals surface area contributed by atoms with Crippen molar-refractivity contribution in [1.82, 2.24) is 0 Å². The first-order valence-electron chi connectivity index (χ1n) is 14.9. The van der Waals surface area contributed by atoms with Gasteiger partial charge in [-0.3, -0.25) is 0 Å². The number of carboxylic acids is 1. The largest absolute Gasteiger partial charge is 0.478 e. The van der Waals surface area contributed by atoms with Gasteiger partial charge in [0.2, 0.25) is 0 Å². The van der Waals surface area contributed by atoms with E-state index < -0.39 is 5.97 Å². The third-order valence-corrected chi connectivity index (χ3v) is 7.46. The normalized spacial score (nSPS) is 14.7. The van der Waals surface area contributed by atoms with E-state index in [4.69, 9.17) is 0 Å². The van der Waals surface area contributed by atoms with Crippen LogP contribution < -0.4 is 9.80 Å². The molecule has 0 bridgehead atoms. The Morgan fingerprint density at radius 2 is 1.24 bits per heavy atom. The van der Waals surface area contributed by atoms with E-state index >= 15 is 0 Å². The zero-order valence-electron chi connectivity index (χ0n) is 26.3. The average molecular weight is 553 g/mol. The van der Waals surface area contributed by atoms with Crippen LogP contribution in [0.1, 0.15) is 70.2 Å². The molecule has 0 aromatic heterocycles. The van der Waals surface area contributed by atoms with Crippen LogP contribution in [0.5, 0.6) is 0 Å². The van der Waals surface area contributed by atoms with Crippen molar-refractivity contribution < 1.29 is 9.90 Å². The van der Waals surface area contributed by atoms with Gasteiger partial charge in [0, 0.05) is 37.6 Å². The lowest BCUT2D eigenvalue weighted by Gasteiger charge is -2.37. The van der Waals surface area contributed by atoms with Crippen molar-refractivity contribution >= 4 is 28.5 Å². The number of carboxylic acid groups (broad SMARTS) is 1. The lowest BCUT2D eigenvalue weighted by Crippen LogP contribution is -2.46. The molecule has 0 saturated carbocycles. The molecule has 0 radical (unpaired) electrons. The highest BCUT2D eigenvalue weighted by atomic mass is 16.4. The minimum atomic E-state index is -0.877. The average Bonchev–Trinajstić information content (AvgIpc) is 2.95. The Kier molecular flexibility index (Phi) is 11.4. The topological polar surface area (TPSA) is 43.8 Å². The maximum absolute atomic E-state index is 12.6. The predicted octanol–water partition coefficient (Wildman–Crippen LogP) is 9.03. The molecule has 0 amide bonds. The number of rotatable bonds is 7. The van der Waals surface area contributed by atoms with Crippen molar-refractivity contribution in [2.75, 3.05) is 36.0 Å². The van der Waals surface area contributed by atoms with Gasteiger partial charge in [-0.1, -0.05) is 92.9 Å². The molecule has 3 aromatic carbocycles. The second-order valence-corrected chi connectivity index (χ2v) is 11.8. The van der Waals surface area contributed by atoms with Crippen molar-refractivity contribution in [2.24, 2.45) is 5.92 Å². The monoisotopic (exact) mass is 552 g/mol. The number of hydrogen-bond donors (Lipinski definition) is 1. The standard InChI is InChI=1S/C33H38N2O2.C4H10/c1-6-25(4)31(33(36)37)32(26(5)27-14-10-23(2)11-15-27)28-8-7-9-30(22-28)35-20-18-34(19-21-35)29-16-12-24(3)13-17-29;1-4(2)3/h7-17,22H,6,18-21H2,1-5H3,(H,36,37);4H,1-3H3/b31-25+,32-26+;. The van der Waals surface area contributed by atoms with E-state index in [-0.39, 0.29) is 0 Å². The quantitative estimate of drug-likeness (QED) is 0.180. The fourth-order valence-electron chi connectivity index (χ4n) is 5.01. The van der Waals surface area contributed by atoms with Gasteiger partial charge in [0.15, 0.2) is 0 Å². The maximum atomic E-state index is 12.6. The number of benzene rings is 3. The molecule has 4 heteroatoms. The molecular formula is C37H48N2O2. The molecular weight excluding hydrogens is 504 g/mol. The number of allylic oxidation sites excluding steroid dienone is 2. The third-order valence-electron chi connectivity index (χ3n) is 7.46. The van der Waals surface area contributed by atoms with E-state index in [1.54, 1.807) is 0 Å². The van der Waals surface area contributed by atoms with E-state index in [0.29, 0.717) is 12.0 Å². The van der Waals surface area contributed by atoms with E-state index in [1.165, 1.54) is 16.8 Å². The Morgan fingerprint density at radius 1 is 0.756 bits per heavy atom. The molecule has 4 nitrogen and oxygen atoms in total. The highest BCUT2D eigenvalue weighted by Crippen LogP contribution is 2.36. The summed E-state index contributed by atoms with van der Waals surface area (Å²) in [6.45, 7) is 20.4. The number of aryl methyl sites for hydroxylation is 2. The van der Waals surface area contributed by atoms with Crippen LogP contribution in [0.4, 0.5) is 11.4 Å². The minimum Gasteiger partial charge on any atom is -0.478 e. The summed E-state index contributed by atoms with van der Waals surface area (Å²) in [5.41, 5.74) is 9.91. The van der Waals surface area contributed by atoms with Gasteiger partial charge in [0.05, 0.1) is 5.57 Å². The SMILES string of the molecule is CC(C)C.CC/C(C)=C(C(=O)O)\C(=C(/C)c1ccc(C)cc1)c1cccc(N2CCN(c3ccc(C)cc3)CC2)c1. The van der Waals surface area contributed by atoms with Crippen LogP contribution in [0.2, 0.25) is 0 Å². The summed E-state index contributed by atoms with van der Waals surface area (Å²) in [6.07, 6.45) is 0.687. The van der Waals surface area contributed by atoms with Gasteiger partial charge in [0.25, 0.3) is 0 Å². The molecule has 1 heterocycles. The van der Waals surface area contributed by atoms with Crippen LogP contribution >= 0.6 is 0 Å². The fourth-order valence-corrected chi connectivity index (χ4v) is 5.01. The van der Waals surface area contributed by atoms with Gasteiger partial charge >= 0.3 is 5.97 Å². The van der Waals surface area contributed by atoms with Crippen LogP contribution in [-0.4, -0.2) is 37.3 Å². The molecule has 1 saturated heterocycles. The lowest BCUT2D eigenvalue weighted by molar-refractivity contribution is -0.132. The number of nitrogens with zero attached hydrogens (tertiary/aromatic N) is 2. The van der Waals surface area contributed by atoms with Crippen molar-refractivity contribution in [1.29, 1.82) is 0 Å². The highest BCUT2D eigenvalue weighted by molar-refractivity contribution is 6.13. The number of piperazine rings is 1. The van der Waals surface area contributed by atoms with Crippen molar-refractivity contribution in [3.63, 3.8) is 0 Å². The molecule has 1 aliphatic rings. The Balaban J connectivity index is 0.00000108. The Hall–Kier alpha value is -3.79. The fraction of sp³-hybridized carbons (Fsp3) is 0.378. The first kappa shape index (κ1) is 31.7. The predicted molar refractivity (Wildman–Crippen MR) is 177 cm³/mol. The van der Waals surface area contributed by atoms with Crippen LogP contribution in [0.15, 0.2) is 83.9 Å². The summed E-state index contributed by atoms with van der Waals surface area (Å²) < 4.78 is 0. The van der Waals surface area contributed by atoms with Gasteiger partial charge in [-0.15, -0.1) is 0 Å². The Morgan fingerprint density at radius 3 is 1.73 bits per heavy atom. The molecule has 1 fully saturated rings. The van der Waals surface area contributed by atoms with Crippen LogP contribution in [0.25, 0.3) is 11.1 Å². The van der Waals surface area contributed by atoms with Gasteiger partial charge in [0.1, 0.15) is 0 Å². The van der Waals surface area contributed by atoms with Crippen LogP contribution in [0.3, 0.4) is 0 Å². The molecule has 1 aliphatic heterocycles. The molecule has 1 N–H and O–H groups in total.